The van der Waals surface area contributed by atoms with Crippen LogP contribution in [0.15, 0.2) is 18.2 Å². The fourth-order valence-electron chi connectivity index (χ4n) is 3.66. The van der Waals surface area contributed by atoms with Gasteiger partial charge in [-0.15, -0.1) is 0 Å². The number of hydrogen-bond acceptors (Lipinski definition) is 2. The van der Waals surface area contributed by atoms with Crippen molar-refractivity contribution in [1.82, 2.24) is 0 Å². The van der Waals surface area contributed by atoms with Crippen LogP contribution >= 0.6 is 0 Å². The molecule has 2 rings (SSSR count). The third-order valence-corrected chi connectivity index (χ3v) is 4.49. The highest BCUT2D eigenvalue weighted by molar-refractivity contribution is 5.41. The van der Waals surface area contributed by atoms with Gasteiger partial charge in [0, 0.05) is 5.56 Å². The fourth-order valence-corrected chi connectivity index (χ4v) is 3.66. The Balaban J connectivity index is 2.27. The molecule has 2 atom stereocenters. The Morgan fingerprint density at radius 1 is 1.40 bits per heavy atom. The quantitative estimate of drug-likeness (QED) is 0.881. The maximum atomic E-state index is 11.2. The summed E-state index contributed by atoms with van der Waals surface area (Å²) in [5.74, 6) is 2.14. The number of aliphatic hydroxyl groups is 1. The molecule has 0 bridgehead atoms. The van der Waals surface area contributed by atoms with Gasteiger partial charge in [0.05, 0.1) is 12.7 Å². The van der Waals surface area contributed by atoms with Crippen LogP contribution < -0.4 is 4.74 Å². The molecule has 1 aromatic rings. The molecule has 2 heteroatoms. The average Bonchev–Trinajstić information content (AvgIpc) is 2.38. The molecular weight excluding hydrogens is 248 g/mol. The third kappa shape index (κ3) is 3.35. The second-order valence-corrected chi connectivity index (χ2v) is 6.83. The minimum atomic E-state index is -0.713. The highest BCUT2D eigenvalue weighted by Gasteiger charge is 2.38. The summed E-state index contributed by atoms with van der Waals surface area (Å²) in [6.45, 7) is 6.60. The zero-order chi connectivity index (χ0) is 14.8. The summed E-state index contributed by atoms with van der Waals surface area (Å²) in [7, 11) is 1.69. The lowest BCUT2D eigenvalue weighted by atomic mass is 9.72. The van der Waals surface area contributed by atoms with E-state index in [1.54, 1.807) is 7.11 Å². The van der Waals surface area contributed by atoms with E-state index in [0.717, 1.165) is 30.6 Å². The van der Waals surface area contributed by atoms with Gasteiger partial charge in [-0.25, -0.2) is 0 Å². The van der Waals surface area contributed by atoms with Crippen molar-refractivity contribution in [2.45, 2.75) is 58.5 Å². The van der Waals surface area contributed by atoms with Gasteiger partial charge >= 0.3 is 0 Å². The van der Waals surface area contributed by atoms with Gasteiger partial charge in [-0.05, 0) is 56.6 Å². The number of hydrogen-bond donors (Lipinski definition) is 1. The minimum Gasteiger partial charge on any atom is -0.496 e. The number of benzene rings is 1. The molecule has 1 aliphatic rings. The molecular formula is C18H28O2. The summed E-state index contributed by atoms with van der Waals surface area (Å²) in [4.78, 5) is 0. The van der Waals surface area contributed by atoms with Crippen molar-refractivity contribution < 1.29 is 9.84 Å². The van der Waals surface area contributed by atoms with Gasteiger partial charge in [-0.2, -0.15) is 0 Å². The first-order chi connectivity index (χ1) is 9.44. The molecule has 0 spiro atoms. The van der Waals surface area contributed by atoms with E-state index in [1.807, 2.05) is 12.1 Å². The van der Waals surface area contributed by atoms with Crippen molar-refractivity contribution in [1.29, 1.82) is 0 Å². The van der Waals surface area contributed by atoms with Crippen LogP contribution in [0.2, 0.25) is 0 Å². The van der Waals surface area contributed by atoms with Crippen LogP contribution in [0.1, 0.15) is 57.1 Å². The molecule has 0 radical (unpaired) electrons. The Kier molecular flexibility index (Phi) is 4.74. The molecule has 0 amide bonds. The van der Waals surface area contributed by atoms with Crippen LogP contribution in [0.25, 0.3) is 0 Å². The Labute approximate surface area is 123 Å². The molecule has 1 aliphatic carbocycles. The second-order valence-electron chi connectivity index (χ2n) is 6.83. The van der Waals surface area contributed by atoms with E-state index in [9.17, 15) is 5.11 Å². The van der Waals surface area contributed by atoms with E-state index in [-0.39, 0.29) is 0 Å². The van der Waals surface area contributed by atoms with E-state index in [2.05, 4.69) is 26.8 Å². The second kappa shape index (κ2) is 6.17. The standard InChI is InChI=1S/C18H28O2/c1-13(2)10-15-6-5-9-18(19,12-15)16-11-14(3)7-8-17(16)20-4/h7-8,11,13,15,19H,5-6,9-10,12H2,1-4H3. The van der Waals surface area contributed by atoms with Gasteiger partial charge in [0.15, 0.2) is 0 Å². The lowest BCUT2D eigenvalue weighted by Crippen LogP contribution is -2.33. The van der Waals surface area contributed by atoms with Crippen molar-refractivity contribution >= 4 is 0 Å². The van der Waals surface area contributed by atoms with Crippen LogP contribution in [0, 0.1) is 18.8 Å². The Morgan fingerprint density at radius 2 is 2.15 bits per heavy atom. The summed E-state index contributed by atoms with van der Waals surface area (Å²) in [6, 6.07) is 6.12. The Bertz CT molecular complexity index is 453. The highest BCUT2D eigenvalue weighted by Crippen LogP contribution is 2.45. The average molecular weight is 276 g/mol. The summed E-state index contributed by atoms with van der Waals surface area (Å²) in [6.07, 6.45) is 5.27. The molecule has 0 aromatic heterocycles. The van der Waals surface area contributed by atoms with Crippen molar-refractivity contribution in [2.75, 3.05) is 7.11 Å². The maximum absolute atomic E-state index is 11.2. The van der Waals surface area contributed by atoms with Crippen LogP contribution in [0.4, 0.5) is 0 Å². The van der Waals surface area contributed by atoms with E-state index in [4.69, 9.17) is 4.74 Å². The molecule has 1 N–H and O–H groups in total. The van der Waals surface area contributed by atoms with Crippen molar-refractivity contribution in [3.8, 4) is 5.75 Å². The third-order valence-electron chi connectivity index (χ3n) is 4.49. The van der Waals surface area contributed by atoms with Gasteiger partial charge in [0.25, 0.3) is 0 Å². The van der Waals surface area contributed by atoms with Gasteiger partial charge in [0.2, 0.25) is 0 Å². The molecule has 1 fully saturated rings. The first kappa shape index (κ1) is 15.4. The number of aryl methyl sites for hydroxylation is 1. The van der Waals surface area contributed by atoms with Gasteiger partial charge < -0.3 is 9.84 Å². The maximum Gasteiger partial charge on any atom is 0.124 e. The molecule has 0 aliphatic heterocycles. The summed E-state index contributed by atoms with van der Waals surface area (Å²) in [5.41, 5.74) is 1.45. The first-order valence-electron chi connectivity index (χ1n) is 7.82. The van der Waals surface area contributed by atoms with E-state index in [0.29, 0.717) is 11.8 Å². The fraction of sp³-hybridized carbons (Fsp3) is 0.667. The Hall–Kier alpha value is -1.02. The highest BCUT2D eigenvalue weighted by atomic mass is 16.5. The summed E-state index contributed by atoms with van der Waals surface area (Å²) < 4.78 is 5.48. The van der Waals surface area contributed by atoms with Gasteiger partial charge in [0.1, 0.15) is 5.75 Å². The molecule has 2 unspecified atom stereocenters. The van der Waals surface area contributed by atoms with Gasteiger partial charge in [-0.3, -0.25) is 0 Å². The predicted octanol–water partition coefficient (Wildman–Crippen LogP) is 4.43. The zero-order valence-electron chi connectivity index (χ0n) is 13.3. The summed E-state index contributed by atoms with van der Waals surface area (Å²) in [5, 5.41) is 11.2. The van der Waals surface area contributed by atoms with Crippen LogP contribution in [-0.4, -0.2) is 12.2 Å². The number of ether oxygens (including phenoxy) is 1. The van der Waals surface area contributed by atoms with E-state index in [1.165, 1.54) is 18.4 Å². The number of rotatable bonds is 4. The first-order valence-corrected chi connectivity index (χ1v) is 7.82. The zero-order valence-corrected chi connectivity index (χ0v) is 13.3. The molecule has 1 saturated carbocycles. The van der Waals surface area contributed by atoms with Crippen molar-refractivity contribution in [3.05, 3.63) is 29.3 Å². The predicted molar refractivity (Wildman–Crippen MR) is 83.0 cm³/mol. The molecule has 0 saturated heterocycles. The van der Waals surface area contributed by atoms with E-state index < -0.39 is 5.60 Å². The monoisotopic (exact) mass is 276 g/mol. The van der Waals surface area contributed by atoms with Crippen LogP contribution in [-0.2, 0) is 5.60 Å². The lowest BCUT2D eigenvalue weighted by molar-refractivity contribution is -0.0261. The van der Waals surface area contributed by atoms with Crippen LogP contribution in [0.3, 0.4) is 0 Å². The van der Waals surface area contributed by atoms with Crippen molar-refractivity contribution in [3.63, 3.8) is 0 Å². The van der Waals surface area contributed by atoms with E-state index >= 15 is 0 Å². The topological polar surface area (TPSA) is 29.5 Å². The Morgan fingerprint density at radius 3 is 2.80 bits per heavy atom. The van der Waals surface area contributed by atoms with Crippen molar-refractivity contribution in [2.24, 2.45) is 11.8 Å². The molecule has 112 valence electrons. The molecule has 0 heterocycles. The van der Waals surface area contributed by atoms with Gasteiger partial charge in [-0.1, -0.05) is 31.9 Å². The largest absolute Gasteiger partial charge is 0.496 e. The van der Waals surface area contributed by atoms with Crippen LogP contribution in [0.5, 0.6) is 5.75 Å². The molecule has 20 heavy (non-hydrogen) atoms. The lowest BCUT2D eigenvalue weighted by Gasteiger charge is -2.38. The number of methoxy groups -OCH3 is 1. The normalized spacial score (nSPS) is 26.8. The minimum absolute atomic E-state index is 0.624. The SMILES string of the molecule is COc1ccc(C)cc1C1(O)CCCC(CC(C)C)C1. The molecule has 2 nitrogen and oxygen atoms in total. The smallest absolute Gasteiger partial charge is 0.124 e. The molecule has 1 aromatic carbocycles. The summed E-state index contributed by atoms with van der Waals surface area (Å²) >= 11 is 0.